The zero-order chi connectivity index (χ0) is 45.5. The third-order valence-corrected chi connectivity index (χ3v) is 11.3. The fraction of sp³-hybridized carbons (Fsp3) is 0.694. The molecule has 0 aliphatic heterocycles. The second-order valence-electron chi connectivity index (χ2n) is 15.9. The second kappa shape index (κ2) is 38.8. The monoisotopic (exact) mass is 895 g/mol. The van der Waals surface area contributed by atoms with Crippen LogP contribution in [0.2, 0.25) is 0 Å². The van der Waals surface area contributed by atoms with Crippen LogP contribution in [0.15, 0.2) is 85.3 Å². The van der Waals surface area contributed by atoms with Crippen LogP contribution in [-0.2, 0) is 27.9 Å². The van der Waals surface area contributed by atoms with E-state index in [-0.39, 0.29) is 13.0 Å². The Balaban J connectivity index is 2.48. The number of allylic oxidation sites excluding steroid dienone is 13. The molecule has 0 radical (unpaired) electrons. The van der Waals surface area contributed by atoms with Gasteiger partial charge in [-0.2, -0.15) is 0 Å². The van der Waals surface area contributed by atoms with E-state index in [4.69, 9.17) is 18.5 Å². The van der Waals surface area contributed by atoms with Gasteiger partial charge in [-0.15, -0.1) is 0 Å². The van der Waals surface area contributed by atoms with Crippen molar-refractivity contribution in [3.8, 4) is 0 Å². The molecule has 0 bridgehead atoms. The molecular weight excluding hydrogens is 812 g/mol. The molecule has 0 aromatic carbocycles. The Morgan fingerprint density at radius 3 is 1.42 bits per heavy atom. The van der Waals surface area contributed by atoms with Gasteiger partial charge in [0.2, 0.25) is 0 Å². The summed E-state index contributed by atoms with van der Waals surface area (Å²) in [6, 6.07) is 0. The summed E-state index contributed by atoms with van der Waals surface area (Å²) in [5.74, 6) is -0.583. The number of phosphoric acid groups is 1. The Kier molecular flexibility index (Phi) is 35.9. The smallest absolute Gasteiger partial charge is 0.472 e. The van der Waals surface area contributed by atoms with Crippen molar-refractivity contribution in [2.24, 2.45) is 0 Å². The predicted molar refractivity (Wildman–Crippen MR) is 248 cm³/mol. The Hall–Kier alpha value is -2.64. The number of carbonyl (C=O) groups excluding carboxylic acids is 1. The maximum Gasteiger partial charge on any atom is 0.472 e. The first-order valence-corrected chi connectivity index (χ1v) is 25.0. The maximum atomic E-state index is 12.8. The summed E-state index contributed by atoms with van der Waals surface area (Å²) in [7, 11) is -5.06. The van der Waals surface area contributed by atoms with E-state index in [0.29, 0.717) is 12.8 Å². The molecular formula is C49H83O12P. The van der Waals surface area contributed by atoms with Crippen LogP contribution in [0.1, 0.15) is 162 Å². The molecule has 1 saturated carbocycles. The molecule has 1 fully saturated rings. The summed E-state index contributed by atoms with van der Waals surface area (Å²) in [4.78, 5) is 23.1. The fourth-order valence-electron chi connectivity index (χ4n) is 6.64. The summed E-state index contributed by atoms with van der Waals surface area (Å²) >= 11 is 0. The highest BCUT2D eigenvalue weighted by atomic mass is 31.2. The number of esters is 1. The number of rotatable bonds is 38. The van der Waals surface area contributed by atoms with E-state index in [0.717, 1.165) is 51.4 Å². The molecule has 0 saturated heterocycles. The average molecular weight is 895 g/mol. The Labute approximate surface area is 373 Å². The molecule has 6 unspecified atom stereocenters. The lowest BCUT2D eigenvalue weighted by molar-refractivity contribution is -0.220. The molecule has 62 heavy (non-hydrogen) atoms. The molecule has 0 amide bonds. The van der Waals surface area contributed by atoms with Gasteiger partial charge in [0.1, 0.15) is 43.2 Å². The van der Waals surface area contributed by atoms with Crippen molar-refractivity contribution < 1.29 is 58.3 Å². The molecule has 12 nitrogen and oxygen atoms in total. The van der Waals surface area contributed by atoms with E-state index >= 15 is 0 Å². The Bertz CT molecular complexity index is 1340. The van der Waals surface area contributed by atoms with Gasteiger partial charge in [0.25, 0.3) is 0 Å². The number of aliphatic hydroxyl groups is 5. The van der Waals surface area contributed by atoms with Gasteiger partial charge in [-0.1, -0.05) is 170 Å². The van der Waals surface area contributed by atoms with Crippen molar-refractivity contribution in [2.75, 3.05) is 13.2 Å². The lowest BCUT2D eigenvalue weighted by Gasteiger charge is -2.41. The van der Waals surface area contributed by atoms with Crippen LogP contribution >= 0.6 is 7.82 Å². The van der Waals surface area contributed by atoms with E-state index in [1.807, 2.05) is 18.2 Å². The van der Waals surface area contributed by atoms with Gasteiger partial charge in [-0.25, -0.2) is 4.57 Å². The van der Waals surface area contributed by atoms with Gasteiger partial charge in [-0.05, 0) is 63.9 Å². The first kappa shape index (κ1) is 57.4. The van der Waals surface area contributed by atoms with E-state index in [1.165, 1.54) is 83.3 Å². The second-order valence-corrected chi connectivity index (χ2v) is 17.3. The molecule has 1 rings (SSSR count). The number of carbonyl (C=O) groups is 1. The Morgan fingerprint density at radius 1 is 0.532 bits per heavy atom. The highest BCUT2D eigenvalue weighted by Gasteiger charge is 2.51. The van der Waals surface area contributed by atoms with Gasteiger partial charge < -0.3 is 39.9 Å². The number of hydrogen-bond donors (Lipinski definition) is 6. The number of unbranched alkanes of at least 4 members (excludes halogenated alkanes) is 14. The third kappa shape index (κ3) is 30.4. The van der Waals surface area contributed by atoms with Crippen molar-refractivity contribution in [1.29, 1.82) is 0 Å². The number of aliphatic hydroxyl groups excluding tert-OH is 5. The summed E-state index contributed by atoms with van der Waals surface area (Å²) in [6.07, 6.45) is 40.3. The van der Waals surface area contributed by atoms with Crippen molar-refractivity contribution in [3.05, 3.63) is 85.3 Å². The molecule has 0 aromatic heterocycles. The molecule has 1 aliphatic carbocycles. The predicted octanol–water partition coefficient (Wildman–Crippen LogP) is 10.1. The van der Waals surface area contributed by atoms with Crippen molar-refractivity contribution in [1.82, 2.24) is 0 Å². The van der Waals surface area contributed by atoms with Crippen LogP contribution in [-0.4, -0.2) is 92.3 Å². The highest BCUT2D eigenvalue weighted by molar-refractivity contribution is 7.47. The van der Waals surface area contributed by atoms with Crippen LogP contribution in [0.5, 0.6) is 0 Å². The van der Waals surface area contributed by atoms with Crippen LogP contribution in [0.25, 0.3) is 0 Å². The van der Waals surface area contributed by atoms with Gasteiger partial charge in [0.05, 0.1) is 12.9 Å². The third-order valence-electron chi connectivity index (χ3n) is 10.4. The molecule has 13 heteroatoms. The molecule has 0 heterocycles. The van der Waals surface area contributed by atoms with Crippen molar-refractivity contribution >= 4 is 13.8 Å². The summed E-state index contributed by atoms with van der Waals surface area (Å²) in [5.41, 5.74) is 0. The number of phosphoric ester groups is 1. The summed E-state index contributed by atoms with van der Waals surface area (Å²) < 4.78 is 33.9. The molecule has 1 aliphatic rings. The number of ether oxygens (including phenoxy) is 2. The molecule has 356 valence electrons. The highest BCUT2D eigenvalue weighted by Crippen LogP contribution is 2.47. The van der Waals surface area contributed by atoms with E-state index in [2.05, 4.69) is 74.6 Å². The quantitative estimate of drug-likeness (QED) is 0.0113. The van der Waals surface area contributed by atoms with Crippen LogP contribution in [0.3, 0.4) is 0 Å². The first-order chi connectivity index (χ1) is 30.0. The first-order valence-electron chi connectivity index (χ1n) is 23.5. The lowest BCUT2D eigenvalue weighted by atomic mass is 9.85. The van der Waals surface area contributed by atoms with Crippen molar-refractivity contribution in [3.63, 3.8) is 0 Å². The number of hydrogen-bond acceptors (Lipinski definition) is 11. The molecule has 8 atom stereocenters. The van der Waals surface area contributed by atoms with Gasteiger partial charge in [0, 0.05) is 6.42 Å². The van der Waals surface area contributed by atoms with Gasteiger partial charge in [0.15, 0.2) is 6.10 Å². The topological polar surface area (TPSA) is 192 Å². The fourth-order valence-corrected chi connectivity index (χ4v) is 7.61. The van der Waals surface area contributed by atoms with E-state index in [9.17, 15) is 39.8 Å². The standard InChI is InChI=1S/C49H83O12P/c1-3-5-7-9-11-13-15-17-19-21-22-23-24-26-28-30-32-34-36-38-43(50)60-42(41-59-62(56,57)61-49-47(54)45(52)44(51)46(53)48(49)55)40-58-39-37-35-33-31-29-27-25-20-18-16-14-12-10-8-6-4-2/h5,7,11,13,17,19,22-23,26,28,32,34,37,39,42,44-49,51-55H,3-4,6,8-10,12,14-16,18,20-21,24-25,27,29-31,33,35-36,38,40-41H2,1-2H3,(H,56,57)/b7-5-,13-11-,19-17-,23-22-,28-26-,34-32-,39-37-/t42-,44?,45-,46?,47?,48?,49?/m1/s1. The zero-order valence-corrected chi connectivity index (χ0v) is 38.8. The van der Waals surface area contributed by atoms with Gasteiger partial charge >= 0.3 is 13.8 Å². The van der Waals surface area contributed by atoms with Crippen molar-refractivity contribution in [2.45, 2.75) is 204 Å². The molecule has 6 N–H and O–H groups in total. The SMILES string of the molecule is CC/C=C\C/C=C\C/C=C\C/C=C\C/C=C\C/C=C\CCC(=O)O[C@H](CO/C=C\CCCCCCCCCCCCCCCC)COP(=O)(O)OC1C(O)C(O)C(O)[C@@H](O)C1O. The Morgan fingerprint density at radius 2 is 0.952 bits per heavy atom. The van der Waals surface area contributed by atoms with Crippen LogP contribution in [0.4, 0.5) is 0 Å². The molecule has 0 spiro atoms. The summed E-state index contributed by atoms with van der Waals surface area (Å²) in [5, 5.41) is 50.2. The normalized spacial score (nSPS) is 22.7. The molecule has 0 aromatic rings. The van der Waals surface area contributed by atoms with Gasteiger partial charge in [-0.3, -0.25) is 13.8 Å². The van der Waals surface area contributed by atoms with Crippen LogP contribution < -0.4 is 0 Å². The largest absolute Gasteiger partial charge is 0.498 e. The van der Waals surface area contributed by atoms with E-state index in [1.54, 1.807) is 0 Å². The minimum atomic E-state index is -5.06. The maximum absolute atomic E-state index is 12.8. The van der Waals surface area contributed by atoms with Crippen LogP contribution in [0, 0.1) is 0 Å². The van der Waals surface area contributed by atoms with E-state index < -0.39 is 63.1 Å². The minimum absolute atomic E-state index is 0.0411. The zero-order valence-electron chi connectivity index (χ0n) is 37.9. The average Bonchev–Trinajstić information content (AvgIpc) is 3.26. The summed E-state index contributed by atoms with van der Waals surface area (Å²) in [6.45, 7) is 3.54. The minimum Gasteiger partial charge on any atom is -0.498 e. The lowest BCUT2D eigenvalue weighted by Crippen LogP contribution is -2.64.